The van der Waals surface area contributed by atoms with Crippen LogP contribution in [0.3, 0.4) is 0 Å². The van der Waals surface area contributed by atoms with E-state index >= 15 is 0 Å². The summed E-state index contributed by atoms with van der Waals surface area (Å²) in [5, 5.41) is 0.574. The highest BCUT2D eigenvalue weighted by atomic mass is 32.2. The maximum absolute atomic E-state index is 13.7. The largest absolute Gasteiger partial charge is 0.278 e. The molecule has 1 saturated heterocycles. The fourth-order valence-electron chi connectivity index (χ4n) is 4.31. The first kappa shape index (κ1) is 24.5. The Bertz CT molecular complexity index is 1480. The number of sulfonamides is 1. The number of carbonyl (C=O) groups is 1. The van der Waals surface area contributed by atoms with E-state index in [0.717, 1.165) is 34.3 Å². The van der Waals surface area contributed by atoms with Gasteiger partial charge in [-0.1, -0.05) is 30.4 Å². The van der Waals surface area contributed by atoms with E-state index in [-0.39, 0.29) is 17.3 Å². The van der Waals surface area contributed by atoms with E-state index in [1.165, 1.54) is 23.5 Å². The van der Waals surface area contributed by atoms with Crippen molar-refractivity contribution in [3.8, 4) is 0 Å². The minimum absolute atomic E-state index is 0.209. The summed E-state index contributed by atoms with van der Waals surface area (Å²) in [6, 6.07) is 17.8. The van der Waals surface area contributed by atoms with Gasteiger partial charge in [0.25, 0.3) is 5.91 Å². The lowest BCUT2D eigenvalue weighted by Gasteiger charge is -2.29. The second-order valence-corrected chi connectivity index (χ2v) is 12.2. The summed E-state index contributed by atoms with van der Waals surface area (Å²) in [6.07, 6.45) is 3.42. The molecule has 5 rings (SSSR count). The number of aromatic nitrogens is 2. The first-order chi connectivity index (χ1) is 17.3. The van der Waals surface area contributed by atoms with Gasteiger partial charge in [-0.15, -0.1) is 0 Å². The van der Waals surface area contributed by atoms with Crippen LogP contribution < -0.4 is 4.90 Å². The van der Waals surface area contributed by atoms with Crippen LogP contribution in [0.1, 0.15) is 41.4 Å². The summed E-state index contributed by atoms with van der Waals surface area (Å²) in [6.45, 7) is 5.48. The second kappa shape index (κ2) is 10.1. The molecule has 1 amide bonds. The standard InChI is InChI=1S/C27H28N4O3S2/c1-19-12-15-30(16-13-19)36(33,34)23-9-7-21(8-10-23)26(32)31(18-22-5-3-4-14-28-22)27-29-24-11-6-20(2)17-25(24)35-27/h3-11,14,17,19H,12-13,15-16,18H2,1-2H3. The molecule has 0 N–H and O–H groups in total. The quantitative estimate of drug-likeness (QED) is 0.346. The molecule has 0 aliphatic carbocycles. The zero-order valence-corrected chi connectivity index (χ0v) is 21.9. The Morgan fingerprint density at radius 1 is 1.08 bits per heavy atom. The predicted molar refractivity (Wildman–Crippen MR) is 143 cm³/mol. The van der Waals surface area contributed by atoms with Crippen molar-refractivity contribution in [2.75, 3.05) is 18.0 Å². The Hall–Kier alpha value is -3.14. The highest BCUT2D eigenvalue weighted by molar-refractivity contribution is 7.89. The van der Waals surface area contributed by atoms with E-state index in [4.69, 9.17) is 4.98 Å². The number of piperidine rings is 1. The molecule has 36 heavy (non-hydrogen) atoms. The number of nitrogens with zero attached hydrogens (tertiary/aromatic N) is 4. The minimum atomic E-state index is -3.58. The van der Waals surface area contributed by atoms with Crippen molar-refractivity contribution in [1.82, 2.24) is 14.3 Å². The third-order valence-corrected chi connectivity index (χ3v) is 9.49. The lowest BCUT2D eigenvalue weighted by Crippen LogP contribution is -2.37. The zero-order valence-electron chi connectivity index (χ0n) is 20.3. The third kappa shape index (κ3) is 5.04. The number of fused-ring (bicyclic) bond motifs is 1. The van der Waals surface area contributed by atoms with E-state index in [2.05, 4.69) is 18.0 Å². The number of amides is 1. The molecule has 1 aliphatic heterocycles. The third-order valence-electron chi connectivity index (χ3n) is 6.54. The molecule has 1 fully saturated rings. The Morgan fingerprint density at radius 3 is 2.53 bits per heavy atom. The SMILES string of the molecule is Cc1ccc2nc(N(Cc3ccccn3)C(=O)c3ccc(S(=O)(=O)N4CCC(C)CC4)cc3)sc2c1. The Kier molecular flexibility index (Phi) is 6.87. The van der Waals surface area contributed by atoms with Crippen LogP contribution in [-0.2, 0) is 16.6 Å². The summed E-state index contributed by atoms with van der Waals surface area (Å²) >= 11 is 1.45. The van der Waals surface area contributed by atoms with Gasteiger partial charge in [0, 0.05) is 24.8 Å². The van der Waals surface area contributed by atoms with Crippen LogP contribution in [0, 0.1) is 12.8 Å². The molecule has 186 valence electrons. The second-order valence-electron chi connectivity index (χ2n) is 9.29. The minimum Gasteiger partial charge on any atom is -0.278 e. The predicted octanol–water partition coefficient (Wildman–Crippen LogP) is 5.27. The smallest absolute Gasteiger partial charge is 0.260 e. The number of aryl methyl sites for hydroxylation is 1. The Balaban J connectivity index is 1.45. The molecular weight excluding hydrogens is 492 g/mol. The van der Waals surface area contributed by atoms with E-state index in [1.807, 2.05) is 37.3 Å². The molecule has 0 bridgehead atoms. The number of hydrogen-bond acceptors (Lipinski definition) is 6. The van der Waals surface area contributed by atoms with Gasteiger partial charge < -0.3 is 0 Å². The fourth-order valence-corrected chi connectivity index (χ4v) is 6.85. The average Bonchev–Trinajstić information content (AvgIpc) is 3.31. The fraction of sp³-hybridized carbons (Fsp3) is 0.296. The van der Waals surface area contributed by atoms with Gasteiger partial charge in [-0.2, -0.15) is 4.31 Å². The van der Waals surface area contributed by atoms with Gasteiger partial charge in [-0.25, -0.2) is 13.4 Å². The number of pyridine rings is 1. The lowest BCUT2D eigenvalue weighted by atomic mass is 10.0. The number of hydrogen-bond donors (Lipinski definition) is 0. The first-order valence-corrected chi connectivity index (χ1v) is 14.3. The van der Waals surface area contributed by atoms with Crippen LogP contribution in [0.2, 0.25) is 0 Å². The molecule has 0 saturated carbocycles. The first-order valence-electron chi connectivity index (χ1n) is 12.0. The molecule has 9 heteroatoms. The van der Waals surface area contributed by atoms with Crippen molar-refractivity contribution in [3.63, 3.8) is 0 Å². The van der Waals surface area contributed by atoms with Crippen molar-refractivity contribution in [2.24, 2.45) is 5.92 Å². The van der Waals surface area contributed by atoms with Crippen molar-refractivity contribution >= 4 is 42.6 Å². The molecule has 1 aliphatic rings. The number of thiazole rings is 1. The molecule has 0 radical (unpaired) electrons. The van der Waals surface area contributed by atoms with Crippen LogP contribution in [0.25, 0.3) is 10.2 Å². The van der Waals surface area contributed by atoms with Gasteiger partial charge in [0.2, 0.25) is 10.0 Å². The van der Waals surface area contributed by atoms with Crippen LogP contribution in [0.4, 0.5) is 5.13 Å². The Morgan fingerprint density at radius 2 is 1.83 bits per heavy atom. The van der Waals surface area contributed by atoms with Gasteiger partial charge in [-0.05, 0) is 79.8 Å². The monoisotopic (exact) mass is 520 g/mol. The van der Waals surface area contributed by atoms with E-state index in [9.17, 15) is 13.2 Å². The maximum Gasteiger partial charge on any atom is 0.260 e. The Labute approximate surface area is 215 Å². The molecule has 2 aromatic heterocycles. The van der Waals surface area contributed by atoms with Gasteiger partial charge in [0.15, 0.2) is 5.13 Å². The molecule has 0 unspecified atom stereocenters. The van der Waals surface area contributed by atoms with Crippen LogP contribution in [-0.4, -0.2) is 41.7 Å². The highest BCUT2D eigenvalue weighted by Gasteiger charge is 2.29. The van der Waals surface area contributed by atoms with Gasteiger partial charge >= 0.3 is 0 Å². The summed E-state index contributed by atoms with van der Waals surface area (Å²) < 4.78 is 28.8. The molecule has 2 aromatic carbocycles. The van der Waals surface area contributed by atoms with E-state index < -0.39 is 10.0 Å². The van der Waals surface area contributed by atoms with Gasteiger partial charge in [0.05, 0.1) is 27.4 Å². The normalized spacial score (nSPS) is 15.3. The summed E-state index contributed by atoms with van der Waals surface area (Å²) in [7, 11) is -3.58. The summed E-state index contributed by atoms with van der Waals surface area (Å²) in [5.74, 6) is 0.278. The van der Waals surface area contributed by atoms with E-state index in [0.29, 0.717) is 29.7 Å². The highest BCUT2D eigenvalue weighted by Crippen LogP contribution is 2.32. The molecule has 3 heterocycles. The maximum atomic E-state index is 13.7. The van der Waals surface area contributed by atoms with Crippen molar-refractivity contribution in [3.05, 3.63) is 83.7 Å². The number of rotatable bonds is 6. The van der Waals surface area contributed by atoms with Crippen LogP contribution in [0.15, 0.2) is 71.8 Å². The van der Waals surface area contributed by atoms with Crippen molar-refractivity contribution in [1.29, 1.82) is 0 Å². The zero-order chi connectivity index (χ0) is 25.3. The molecule has 4 aromatic rings. The topological polar surface area (TPSA) is 83.5 Å². The lowest BCUT2D eigenvalue weighted by molar-refractivity contribution is 0.0984. The number of carbonyl (C=O) groups excluding carboxylic acids is 1. The number of benzene rings is 2. The van der Waals surface area contributed by atoms with Crippen molar-refractivity contribution < 1.29 is 13.2 Å². The summed E-state index contributed by atoms with van der Waals surface area (Å²) in [5.41, 5.74) is 3.09. The van der Waals surface area contributed by atoms with Crippen molar-refractivity contribution in [2.45, 2.75) is 38.1 Å². The van der Waals surface area contributed by atoms with Gasteiger partial charge in [0.1, 0.15) is 0 Å². The summed E-state index contributed by atoms with van der Waals surface area (Å²) in [4.78, 5) is 24.6. The molecule has 7 nitrogen and oxygen atoms in total. The van der Waals surface area contributed by atoms with Crippen LogP contribution >= 0.6 is 11.3 Å². The molecule has 0 spiro atoms. The van der Waals surface area contributed by atoms with Crippen LogP contribution in [0.5, 0.6) is 0 Å². The molecule has 0 atom stereocenters. The number of anilines is 1. The van der Waals surface area contributed by atoms with Gasteiger partial charge in [-0.3, -0.25) is 14.7 Å². The molecular formula is C27H28N4O3S2. The average molecular weight is 521 g/mol. The van der Waals surface area contributed by atoms with E-state index in [1.54, 1.807) is 27.5 Å².